The zero-order valence-corrected chi connectivity index (χ0v) is 12.4. The van der Waals surface area contributed by atoms with E-state index in [-0.39, 0.29) is 0 Å². The summed E-state index contributed by atoms with van der Waals surface area (Å²) in [6.45, 7) is 1.83. The number of hydrogen-bond acceptors (Lipinski definition) is 5. The summed E-state index contributed by atoms with van der Waals surface area (Å²) in [4.78, 5) is 9.20. The first-order chi connectivity index (χ1) is 9.74. The van der Waals surface area contributed by atoms with Crippen molar-refractivity contribution >= 4 is 11.6 Å². The van der Waals surface area contributed by atoms with E-state index in [1.165, 1.54) is 25.7 Å². The molecule has 2 aliphatic carbocycles. The highest BCUT2D eigenvalue weighted by atomic mass is 16.5. The second-order valence-electron chi connectivity index (χ2n) is 6.12. The maximum atomic E-state index is 5.20. The molecule has 2 aliphatic rings. The van der Waals surface area contributed by atoms with Gasteiger partial charge in [0.15, 0.2) is 0 Å². The van der Waals surface area contributed by atoms with Gasteiger partial charge in [-0.25, -0.2) is 9.97 Å². The number of aromatic nitrogens is 2. The molecule has 2 fully saturated rings. The molecular formula is C15H24N4O. The molecule has 2 saturated carbocycles. The highest BCUT2D eigenvalue weighted by Crippen LogP contribution is 2.48. The van der Waals surface area contributed by atoms with Crippen LogP contribution in [0.5, 0.6) is 0 Å². The van der Waals surface area contributed by atoms with Gasteiger partial charge < -0.3 is 15.4 Å². The predicted octanol–water partition coefficient (Wildman–Crippen LogP) is 2.62. The van der Waals surface area contributed by atoms with Gasteiger partial charge >= 0.3 is 0 Å². The fourth-order valence-corrected chi connectivity index (χ4v) is 2.50. The minimum absolute atomic E-state index is 0.431. The molecule has 0 unspecified atom stereocenters. The number of rotatable bonds is 8. The minimum atomic E-state index is 0.431. The molecular weight excluding hydrogens is 252 g/mol. The molecule has 0 saturated heterocycles. The van der Waals surface area contributed by atoms with E-state index in [1.807, 2.05) is 13.1 Å². The van der Waals surface area contributed by atoms with Crippen molar-refractivity contribution in [2.75, 3.05) is 37.9 Å². The average Bonchev–Trinajstić information content (AvgIpc) is 3.38. The first kappa shape index (κ1) is 13.6. The third-order valence-electron chi connectivity index (χ3n) is 4.38. The lowest BCUT2D eigenvalue weighted by Gasteiger charge is -2.16. The maximum absolute atomic E-state index is 5.20. The van der Waals surface area contributed by atoms with Crippen LogP contribution in [0.15, 0.2) is 6.07 Å². The molecule has 0 radical (unpaired) electrons. The molecule has 1 aromatic heterocycles. The summed E-state index contributed by atoms with van der Waals surface area (Å²) in [5.41, 5.74) is 0.431. The number of methoxy groups -OCH3 is 1. The van der Waals surface area contributed by atoms with Crippen molar-refractivity contribution in [2.24, 2.45) is 5.41 Å². The maximum Gasteiger partial charge on any atom is 0.136 e. The highest BCUT2D eigenvalue weighted by molar-refractivity contribution is 5.48. The van der Waals surface area contributed by atoms with Gasteiger partial charge in [0.25, 0.3) is 0 Å². The SMILES string of the molecule is CNc1cc(NCC2(CCOC)CC2)nc(C2CC2)n1. The lowest BCUT2D eigenvalue weighted by molar-refractivity contribution is 0.175. The summed E-state index contributed by atoms with van der Waals surface area (Å²) < 4.78 is 5.20. The second-order valence-corrected chi connectivity index (χ2v) is 6.12. The van der Waals surface area contributed by atoms with E-state index in [9.17, 15) is 0 Å². The smallest absolute Gasteiger partial charge is 0.136 e. The van der Waals surface area contributed by atoms with Crippen molar-refractivity contribution in [3.63, 3.8) is 0 Å². The van der Waals surface area contributed by atoms with Crippen LogP contribution in [0.2, 0.25) is 0 Å². The molecule has 5 heteroatoms. The third-order valence-corrected chi connectivity index (χ3v) is 4.38. The summed E-state index contributed by atoms with van der Waals surface area (Å²) in [6.07, 6.45) is 6.18. The Morgan fingerprint density at radius 2 is 2.05 bits per heavy atom. The summed E-state index contributed by atoms with van der Waals surface area (Å²) in [5.74, 6) is 3.43. The Bertz CT molecular complexity index is 469. The number of nitrogens with one attached hydrogen (secondary N) is 2. The van der Waals surface area contributed by atoms with Crippen molar-refractivity contribution < 1.29 is 4.74 Å². The van der Waals surface area contributed by atoms with Crippen molar-refractivity contribution in [1.82, 2.24) is 9.97 Å². The van der Waals surface area contributed by atoms with Crippen LogP contribution in [-0.4, -0.2) is 37.3 Å². The van der Waals surface area contributed by atoms with Gasteiger partial charge in [0.1, 0.15) is 17.5 Å². The zero-order valence-electron chi connectivity index (χ0n) is 12.4. The first-order valence-electron chi connectivity index (χ1n) is 7.54. The standard InChI is InChI=1S/C15H24N4O/c1-16-12-9-13(19-14(18-12)11-3-4-11)17-10-15(5-6-15)7-8-20-2/h9,11H,3-8,10H2,1-2H3,(H2,16,17,18,19). The Balaban J connectivity index is 1.63. The molecule has 0 spiro atoms. The molecule has 5 nitrogen and oxygen atoms in total. The lowest BCUT2D eigenvalue weighted by atomic mass is 10.0. The number of anilines is 2. The quantitative estimate of drug-likeness (QED) is 0.764. The van der Waals surface area contributed by atoms with E-state index >= 15 is 0 Å². The Morgan fingerprint density at radius 1 is 1.30 bits per heavy atom. The second kappa shape index (κ2) is 5.56. The summed E-state index contributed by atoms with van der Waals surface area (Å²) in [6, 6.07) is 2.00. The molecule has 3 rings (SSSR count). The van der Waals surface area contributed by atoms with Crippen molar-refractivity contribution in [3.05, 3.63) is 11.9 Å². The van der Waals surface area contributed by atoms with Crippen LogP contribution in [0, 0.1) is 5.41 Å². The zero-order chi connectivity index (χ0) is 14.0. The van der Waals surface area contributed by atoms with Gasteiger partial charge in [-0.15, -0.1) is 0 Å². The largest absolute Gasteiger partial charge is 0.385 e. The molecule has 1 aromatic rings. The number of ether oxygens (including phenoxy) is 1. The Kier molecular flexibility index (Phi) is 3.78. The Hall–Kier alpha value is -1.36. The fourth-order valence-electron chi connectivity index (χ4n) is 2.50. The van der Waals surface area contributed by atoms with Gasteiger partial charge in [-0.2, -0.15) is 0 Å². The van der Waals surface area contributed by atoms with Crippen LogP contribution >= 0.6 is 0 Å². The molecule has 2 N–H and O–H groups in total. The monoisotopic (exact) mass is 276 g/mol. The number of hydrogen-bond donors (Lipinski definition) is 2. The van der Waals surface area contributed by atoms with Gasteiger partial charge in [0, 0.05) is 39.3 Å². The van der Waals surface area contributed by atoms with E-state index < -0.39 is 0 Å². The first-order valence-corrected chi connectivity index (χ1v) is 7.54. The van der Waals surface area contributed by atoms with Crippen LogP contribution < -0.4 is 10.6 Å². The molecule has 1 heterocycles. The van der Waals surface area contributed by atoms with E-state index in [1.54, 1.807) is 7.11 Å². The molecule has 0 amide bonds. The van der Waals surface area contributed by atoms with Crippen LogP contribution in [-0.2, 0) is 4.74 Å². The Morgan fingerprint density at radius 3 is 2.65 bits per heavy atom. The normalized spacial score (nSPS) is 19.7. The van der Waals surface area contributed by atoms with Crippen LogP contribution in [0.3, 0.4) is 0 Å². The molecule has 0 aromatic carbocycles. The van der Waals surface area contributed by atoms with E-state index in [2.05, 4.69) is 20.6 Å². The summed E-state index contributed by atoms with van der Waals surface area (Å²) in [5, 5.41) is 6.63. The predicted molar refractivity (Wildman–Crippen MR) is 80.2 cm³/mol. The van der Waals surface area contributed by atoms with Crippen LogP contribution in [0.4, 0.5) is 11.6 Å². The van der Waals surface area contributed by atoms with Crippen molar-refractivity contribution in [1.29, 1.82) is 0 Å². The Labute approximate surface area is 120 Å². The molecule has 0 aliphatic heterocycles. The summed E-state index contributed by atoms with van der Waals surface area (Å²) in [7, 11) is 3.68. The van der Waals surface area contributed by atoms with E-state index in [0.717, 1.165) is 37.0 Å². The van der Waals surface area contributed by atoms with Crippen LogP contribution in [0.25, 0.3) is 0 Å². The molecule has 110 valence electrons. The van der Waals surface area contributed by atoms with Gasteiger partial charge in [0.2, 0.25) is 0 Å². The fraction of sp³-hybridized carbons (Fsp3) is 0.733. The molecule has 0 bridgehead atoms. The van der Waals surface area contributed by atoms with Crippen molar-refractivity contribution in [2.45, 2.75) is 38.0 Å². The van der Waals surface area contributed by atoms with Gasteiger partial charge in [-0.1, -0.05) is 0 Å². The van der Waals surface area contributed by atoms with E-state index in [4.69, 9.17) is 4.74 Å². The average molecular weight is 276 g/mol. The van der Waals surface area contributed by atoms with Gasteiger partial charge in [0.05, 0.1) is 0 Å². The van der Waals surface area contributed by atoms with Gasteiger partial charge in [-0.05, 0) is 37.5 Å². The number of nitrogens with zero attached hydrogens (tertiary/aromatic N) is 2. The molecule has 0 atom stereocenters. The third kappa shape index (κ3) is 3.20. The molecule has 20 heavy (non-hydrogen) atoms. The van der Waals surface area contributed by atoms with Crippen molar-refractivity contribution in [3.8, 4) is 0 Å². The van der Waals surface area contributed by atoms with Gasteiger partial charge in [-0.3, -0.25) is 0 Å². The topological polar surface area (TPSA) is 59.1 Å². The minimum Gasteiger partial charge on any atom is -0.385 e. The van der Waals surface area contributed by atoms with Crippen LogP contribution in [0.1, 0.15) is 43.8 Å². The lowest BCUT2D eigenvalue weighted by Crippen LogP contribution is -2.18. The highest BCUT2D eigenvalue weighted by Gasteiger charge is 2.41. The van der Waals surface area contributed by atoms with E-state index in [0.29, 0.717) is 11.3 Å². The summed E-state index contributed by atoms with van der Waals surface area (Å²) >= 11 is 0.